The van der Waals surface area contributed by atoms with E-state index in [1.807, 2.05) is 0 Å². The van der Waals surface area contributed by atoms with E-state index in [2.05, 4.69) is 38.3 Å². The van der Waals surface area contributed by atoms with Crippen molar-refractivity contribution in [2.45, 2.75) is 52.5 Å². The van der Waals surface area contributed by atoms with Crippen molar-refractivity contribution in [3.05, 3.63) is 28.8 Å². The molecule has 1 aliphatic rings. The van der Waals surface area contributed by atoms with E-state index in [1.54, 1.807) is 7.11 Å². The molecule has 3 nitrogen and oxygen atoms in total. The van der Waals surface area contributed by atoms with Crippen LogP contribution in [-0.2, 0) is 0 Å². The minimum atomic E-state index is 0.187. The molecule has 3 heteroatoms. The summed E-state index contributed by atoms with van der Waals surface area (Å²) in [6, 6.07) is 4.53. The van der Waals surface area contributed by atoms with Crippen molar-refractivity contribution in [1.82, 2.24) is 5.43 Å². The van der Waals surface area contributed by atoms with Gasteiger partial charge in [0.15, 0.2) is 0 Å². The molecule has 112 valence electrons. The van der Waals surface area contributed by atoms with Crippen LogP contribution in [0.3, 0.4) is 0 Å². The highest BCUT2D eigenvalue weighted by Gasteiger charge is 2.29. The van der Waals surface area contributed by atoms with Crippen LogP contribution in [0.4, 0.5) is 0 Å². The molecule has 0 aromatic heterocycles. The van der Waals surface area contributed by atoms with Gasteiger partial charge < -0.3 is 4.74 Å². The van der Waals surface area contributed by atoms with Gasteiger partial charge in [0.1, 0.15) is 5.75 Å². The summed E-state index contributed by atoms with van der Waals surface area (Å²) in [6.45, 7) is 6.58. The van der Waals surface area contributed by atoms with E-state index in [1.165, 1.54) is 42.4 Å². The molecule has 1 fully saturated rings. The van der Waals surface area contributed by atoms with Crippen LogP contribution >= 0.6 is 0 Å². The summed E-state index contributed by atoms with van der Waals surface area (Å²) in [5, 5.41) is 0. The summed E-state index contributed by atoms with van der Waals surface area (Å²) in [4.78, 5) is 0. The number of nitrogens with two attached hydrogens (primary N) is 1. The molecule has 1 saturated carbocycles. The highest BCUT2D eigenvalue weighted by molar-refractivity contribution is 5.47. The lowest BCUT2D eigenvalue weighted by atomic mass is 9.76. The Balaban J connectivity index is 2.34. The number of benzene rings is 1. The van der Waals surface area contributed by atoms with E-state index in [-0.39, 0.29) is 6.04 Å². The van der Waals surface area contributed by atoms with Gasteiger partial charge >= 0.3 is 0 Å². The first-order valence-corrected chi connectivity index (χ1v) is 7.68. The van der Waals surface area contributed by atoms with Gasteiger partial charge in [0.05, 0.1) is 13.2 Å². The van der Waals surface area contributed by atoms with Crippen molar-refractivity contribution in [2.24, 2.45) is 17.7 Å². The van der Waals surface area contributed by atoms with Crippen LogP contribution in [0.1, 0.15) is 55.3 Å². The van der Waals surface area contributed by atoms with Gasteiger partial charge in [-0.25, -0.2) is 0 Å². The van der Waals surface area contributed by atoms with Gasteiger partial charge in [-0.3, -0.25) is 11.3 Å². The number of hydrazine groups is 1. The summed E-state index contributed by atoms with van der Waals surface area (Å²) in [7, 11) is 1.75. The van der Waals surface area contributed by atoms with Crippen LogP contribution in [0.25, 0.3) is 0 Å². The van der Waals surface area contributed by atoms with Crippen molar-refractivity contribution in [1.29, 1.82) is 0 Å². The average Bonchev–Trinajstić information content (AvgIpc) is 2.44. The second-order valence-corrected chi connectivity index (χ2v) is 6.31. The Bertz CT molecular complexity index is 459. The Kier molecular flexibility index (Phi) is 5.06. The molecule has 3 unspecified atom stereocenters. The summed E-state index contributed by atoms with van der Waals surface area (Å²) >= 11 is 0. The van der Waals surface area contributed by atoms with Gasteiger partial charge in [-0.2, -0.15) is 0 Å². The minimum Gasteiger partial charge on any atom is -0.496 e. The largest absolute Gasteiger partial charge is 0.496 e. The number of rotatable bonds is 4. The lowest BCUT2D eigenvalue weighted by Gasteiger charge is -2.34. The number of aryl methyl sites for hydroxylation is 1. The van der Waals surface area contributed by atoms with Crippen molar-refractivity contribution >= 4 is 0 Å². The molecule has 2 rings (SSSR count). The molecule has 1 aromatic rings. The fourth-order valence-electron chi connectivity index (χ4n) is 3.59. The third kappa shape index (κ3) is 2.99. The molecule has 1 aliphatic carbocycles. The van der Waals surface area contributed by atoms with Crippen LogP contribution in [-0.4, -0.2) is 7.11 Å². The summed E-state index contributed by atoms with van der Waals surface area (Å²) in [6.07, 6.45) is 5.13. The van der Waals surface area contributed by atoms with Crippen molar-refractivity contribution in [3.8, 4) is 5.75 Å². The van der Waals surface area contributed by atoms with E-state index in [4.69, 9.17) is 10.6 Å². The Morgan fingerprint density at radius 2 is 2.05 bits per heavy atom. The molecular weight excluding hydrogens is 248 g/mol. The van der Waals surface area contributed by atoms with Crippen LogP contribution in [0, 0.1) is 25.7 Å². The second-order valence-electron chi connectivity index (χ2n) is 6.31. The van der Waals surface area contributed by atoms with E-state index in [0.29, 0.717) is 5.92 Å². The van der Waals surface area contributed by atoms with Gasteiger partial charge in [-0.05, 0) is 49.7 Å². The average molecular weight is 276 g/mol. The number of hydrogen-bond donors (Lipinski definition) is 2. The predicted molar refractivity (Wildman–Crippen MR) is 83.7 cm³/mol. The van der Waals surface area contributed by atoms with Gasteiger partial charge in [-0.1, -0.05) is 31.9 Å². The lowest BCUT2D eigenvalue weighted by Crippen LogP contribution is -2.36. The smallest absolute Gasteiger partial charge is 0.126 e. The summed E-state index contributed by atoms with van der Waals surface area (Å²) < 4.78 is 5.66. The van der Waals surface area contributed by atoms with Gasteiger partial charge in [0.2, 0.25) is 0 Å². The normalized spacial score (nSPS) is 24.4. The SMILES string of the molecule is COc1c(C(NN)C2CCCC(C)C2)ccc(C)c1C. The van der Waals surface area contributed by atoms with Crippen LogP contribution in [0.5, 0.6) is 5.75 Å². The van der Waals surface area contributed by atoms with Crippen molar-refractivity contribution < 1.29 is 4.74 Å². The zero-order chi connectivity index (χ0) is 14.7. The number of ether oxygens (including phenoxy) is 1. The standard InChI is InChI=1S/C17H28N2O/c1-11-6-5-7-14(10-11)16(19-18)15-9-8-12(2)13(3)17(15)20-4/h8-9,11,14,16,19H,5-7,10,18H2,1-4H3. The molecule has 3 N–H and O–H groups in total. The molecule has 3 atom stereocenters. The first kappa shape index (κ1) is 15.3. The molecule has 0 amide bonds. The van der Waals surface area contributed by atoms with Crippen molar-refractivity contribution in [2.75, 3.05) is 7.11 Å². The summed E-state index contributed by atoms with van der Waals surface area (Å²) in [5.74, 6) is 8.27. The monoisotopic (exact) mass is 276 g/mol. The molecular formula is C17H28N2O. The van der Waals surface area contributed by atoms with Gasteiger partial charge in [-0.15, -0.1) is 0 Å². The maximum absolute atomic E-state index is 5.89. The molecule has 1 aromatic carbocycles. The fourth-order valence-corrected chi connectivity index (χ4v) is 3.59. The minimum absolute atomic E-state index is 0.187. The highest BCUT2D eigenvalue weighted by Crippen LogP contribution is 2.40. The Labute approximate surface area is 122 Å². The zero-order valence-corrected chi connectivity index (χ0v) is 13.2. The maximum atomic E-state index is 5.89. The lowest BCUT2D eigenvalue weighted by molar-refractivity contribution is 0.221. The van der Waals surface area contributed by atoms with Gasteiger partial charge in [0, 0.05) is 5.56 Å². The Morgan fingerprint density at radius 1 is 1.30 bits per heavy atom. The first-order chi connectivity index (χ1) is 9.58. The predicted octanol–water partition coefficient (Wildman–Crippen LogP) is 3.64. The Morgan fingerprint density at radius 3 is 2.65 bits per heavy atom. The van der Waals surface area contributed by atoms with E-state index < -0.39 is 0 Å². The first-order valence-electron chi connectivity index (χ1n) is 7.68. The second kappa shape index (κ2) is 6.59. The van der Waals surface area contributed by atoms with Crippen molar-refractivity contribution in [3.63, 3.8) is 0 Å². The molecule has 0 bridgehead atoms. The van der Waals surface area contributed by atoms with E-state index in [0.717, 1.165) is 11.7 Å². The molecule has 0 saturated heterocycles. The number of hydrogen-bond acceptors (Lipinski definition) is 3. The number of nitrogens with one attached hydrogen (secondary N) is 1. The molecule has 20 heavy (non-hydrogen) atoms. The van der Waals surface area contributed by atoms with E-state index >= 15 is 0 Å². The van der Waals surface area contributed by atoms with Crippen LogP contribution in [0.15, 0.2) is 12.1 Å². The zero-order valence-electron chi connectivity index (χ0n) is 13.2. The molecule has 0 heterocycles. The van der Waals surface area contributed by atoms with Crippen LogP contribution < -0.4 is 16.0 Å². The maximum Gasteiger partial charge on any atom is 0.126 e. The molecule has 0 spiro atoms. The van der Waals surface area contributed by atoms with Crippen LogP contribution in [0.2, 0.25) is 0 Å². The third-order valence-corrected chi connectivity index (χ3v) is 4.87. The quantitative estimate of drug-likeness (QED) is 0.652. The highest BCUT2D eigenvalue weighted by atomic mass is 16.5. The number of methoxy groups -OCH3 is 1. The summed E-state index contributed by atoms with van der Waals surface area (Å²) in [5.41, 5.74) is 6.73. The third-order valence-electron chi connectivity index (χ3n) is 4.87. The van der Waals surface area contributed by atoms with Gasteiger partial charge in [0.25, 0.3) is 0 Å². The topological polar surface area (TPSA) is 47.3 Å². The van der Waals surface area contributed by atoms with E-state index in [9.17, 15) is 0 Å². The Hall–Kier alpha value is -1.06. The molecule has 0 aliphatic heterocycles. The fraction of sp³-hybridized carbons (Fsp3) is 0.647. The molecule has 0 radical (unpaired) electrons.